The average Bonchev–Trinajstić information content (AvgIpc) is 3.64. The molecule has 0 saturated carbocycles. The molecule has 7 rings (SSSR count). The van der Waals surface area contributed by atoms with Crippen molar-refractivity contribution in [1.29, 1.82) is 5.26 Å². The summed E-state index contributed by atoms with van der Waals surface area (Å²) in [5.41, 5.74) is 6.14. The summed E-state index contributed by atoms with van der Waals surface area (Å²) in [6, 6.07) is 19.4. The van der Waals surface area contributed by atoms with Crippen molar-refractivity contribution in [3.05, 3.63) is 99.8 Å². The number of piperidine rings is 1. The summed E-state index contributed by atoms with van der Waals surface area (Å²) in [6.45, 7) is 6.70. The molecule has 11 nitrogen and oxygen atoms in total. The van der Waals surface area contributed by atoms with Gasteiger partial charge >= 0.3 is 5.97 Å². The Balaban J connectivity index is 1.08. The van der Waals surface area contributed by atoms with Gasteiger partial charge in [-0.1, -0.05) is 42.3 Å². The zero-order chi connectivity index (χ0) is 38.3. The van der Waals surface area contributed by atoms with Crippen molar-refractivity contribution in [2.24, 2.45) is 0 Å². The van der Waals surface area contributed by atoms with Crippen molar-refractivity contribution in [2.45, 2.75) is 77.0 Å². The van der Waals surface area contributed by atoms with Crippen LogP contribution < -0.4 is 18.9 Å². The number of fused-ring (bicyclic) bond motifs is 1. The standard InChI is InChI=1S/C43H47ClN4O7/c1-28-32(6-5-7-36(28)31-9-10-39-42(18-31)55-35(27-54-39)12-15-47-14-11-34(49)24-47)26-53-41-19-40(52-25-30-16-29(20-45)21-46-22-30)33(17-37(41)44)23-48-13-4-3-8-38(48)43(50)51-2/h5-7,9-10,16-19,21-22,34-35,38,49H,3-4,8,11-15,23-27H2,1-2H3/t34?,35?,38-/m0/s1. The summed E-state index contributed by atoms with van der Waals surface area (Å²) in [4.78, 5) is 21.2. The molecule has 0 aliphatic carbocycles. The van der Waals surface area contributed by atoms with Crippen LogP contribution in [0, 0.1) is 18.3 Å². The molecule has 4 heterocycles. The molecule has 1 aromatic heterocycles. The molecule has 0 amide bonds. The molecular formula is C43H47ClN4O7. The van der Waals surface area contributed by atoms with Gasteiger partial charge in [-0.15, -0.1) is 0 Å². The number of nitriles is 1. The molecule has 0 radical (unpaired) electrons. The van der Waals surface area contributed by atoms with Crippen LogP contribution >= 0.6 is 11.6 Å². The molecule has 12 heteroatoms. The minimum absolute atomic E-state index is 0.0557. The Labute approximate surface area is 327 Å². The van der Waals surface area contributed by atoms with E-state index in [1.54, 1.807) is 18.3 Å². The van der Waals surface area contributed by atoms with Crippen molar-refractivity contribution in [3.63, 3.8) is 0 Å². The number of carbonyl (C=O) groups is 1. The van der Waals surface area contributed by atoms with E-state index in [2.05, 4.69) is 39.9 Å². The number of carbonyl (C=O) groups excluding carboxylic acids is 1. The van der Waals surface area contributed by atoms with Gasteiger partial charge in [-0.05, 0) is 79.3 Å². The van der Waals surface area contributed by atoms with Gasteiger partial charge in [-0.25, -0.2) is 0 Å². The highest BCUT2D eigenvalue weighted by Gasteiger charge is 2.31. The predicted octanol–water partition coefficient (Wildman–Crippen LogP) is 6.86. The Morgan fingerprint density at radius 3 is 2.71 bits per heavy atom. The van der Waals surface area contributed by atoms with E-state index < -0.39 is 0 Å². The van der Waals surface area contributed by atoms with E-state index in [-0.39, 0.29) is 37.4 Å². The van der Waals surface area contributed by atoms with Gasteiger partial charge < -0.3 is 33.7 Å². The first-order valence-corrected chi connectivity index (χ1v) is 19.3. The summed E-state index contributed by atoms with van der Waals surface area (Å²) >= 11 is 6.90. The fourth-order valence-electron chi connectivity index (χ4n) is 7.61. The Bertz CT molecular complexity index is 2040. The van der Waals surface area contributed by atoms with Crippen LogP contribution in [0.2, 0.25) is 5.02 Å². The number of halogens is 1. The Kier molecular flexibility index (Phi) is 12.4. The number of hydrogen-bond donors (Lipinski definition) is 1. The number of hydrogen-bond acceptors (Lipinski definition) is 11. The molecule has 2 saturated heterocycles. The number of benzene rings is 3. The average molecular weight is 767 g/mol. The number of aliphatic hydroxyl groups excluding tert-OH is 1. The molecule has 2 unspecified atom stereocenters. The summed E-state index contributed by atoms with van der Waals surface area (Å²) < 4.78 is 30.4. The number of esters is 1. The van der Waals surface area contributed by atoms with Crippen LogP contribution in [0.1, 0.15) is 59.9 Å². The number of methoxy groups -OCH3 is 1. The topological polar surface area (TPSA) is 127 Å². The predicted molar refractivity (Wildman–Crippen MR) is 207 cm³/mol. The van der Waals surface area contributed by atoms with Crippen LogP contribution in [0.25, 0.3) is 11.1 Å². The summed E-state index contributed by atoms with van der Waals surface area (Å²) in [6.07, 6.45) is 7.20. The van der Waals surface area contributed by atoms with Gasteiger partial charge in [0.1, 0.15) is 49.5 Å². The smallest absolute Gasteiger partial charge is 0.323 e. The molecule has 3 aromatic carbocycles. The van der Waals surface area contributed by atoms with Crippen LogP contribution in [-0.4, -0.2) is 84.0 Å². The van der Waals surface area contributed by atoms with Crippen molar-refractivity contribution < 1.29 is 33.6 Å². The summed E-state index contributed by atoms with van der Waals surface area (Å²) in [7, 11) is 1.42. The maximum absolute atomic E-state index is 12.7. The van der Waals surface area contributed by atoms with Crippen LogP contribution in [0.4, 0.5) is 0 Å². The van der Waals surface area contributed by atoms with E-state index >= 15 is 0 Å². The lowest BCUT2D eigenvalue weighted by Crippen LogP contribution is -2.44. The third kappa shape index (κ3) is 9.34. The highest BCUT2D eigenvalue weighted by Crippen LogP contribution is 2.39. The van der Waals surface area contributed by atoms with Crippen molar-refractivity contribution in [2.75, 3.05) is 39.9 Å². The number of aromatic nitrogens is 1. The van der Waals surface area contributed by atoms with E-state index in [1.807, 2.05) is 30.3 Å². The minimum Gasteiger partial charge on any atom is -0.488 e. The zero-order valence-corrected chi connectivity index (χ0v) is 32.1. The third-order valence-electron chi connectivity index (χ3n) is 10.7. The number of likely N-dealkylation sites (tertiary alicyclic amines) is 2. The number of nitrogens with zero attached hydrogens (tertiary/aromatic N) is 4. The van der Waals surface area contributed by atoms with E-state index in [4.69, 9.17) is 35.3 Å². The summed E-state index contributed by atoms with van der Waals surface area (Å²) in [5, 5.41) is 19.7. The Morgan fingerprint density at radius 2 is 1.89 bits per heavy atom. The second-order valence-electron chi connectivity index (χ2n) is 14.5. The lowest BCUT2D eigenvalue weighted by atomic mass is 9.96. The van der Waals surface area contributed by atoms with E-state index in [0.29, 0.717) is 35.2 Å². The van der Waals surface area contributed by atoms with E-state index in [9.17, 15) is 15.2 Å². The minimum atomic E-state index is -0.348. The quantitative estimate of drug-likeness (QED) is 0.143. The van der Waals surface area contributed by atoms with E-state index in [1.165, 1.54) is 13.3 Å². The molecule has 288 valence electrons. The lowest BCUT2D eigenvalue weighted by molar-refractivity contribution is -0.148. The van der Waals surface area contributed by atoms with Crippen molar-refractivity contribution in [3.8, 4) is 40.2 Å². The van der Waals surface area contributed by atoms with Gasteiger partial charge in [0.2, 0.25) is 0 Å². The number of aliphatic hydroxyl groups is 1. The Hall–Kier alpha value is -4.86. The highest BCUT2D eigenvalue weighted by molar-refractivity contribution is 6.32. The zero-order valence-electron chi connectivity index (χ0n) is 31.3. The van der Waals surface area contributed by atoms with Crippen molar-refractivity contribution >= 4 is 17.6 Å². The monoisotopic (exact) mass is 766 g/mol. The maximum Gasteiger partial charge on any atom is 0.323 e. The summed E-state index contributed by atoms with van der Waals surface area (Å²) in [5.74, 6) is 2.24. The third-order valence-corrected chi connectivity index (χ3v) is 11.0. The van der Waals surface area contributed by atoms with Crippen LogP contribution in [-0.2, 0) is 29.3 Å². The molecule has 55 heavy (non-hydrogen) atoms. The molecule has 2 fully saturated rings. The van der Waals surface area contributed by atoms with Gasteiger partial charge in [0.05, 0.1) is 23.8 Å². The molecule has 3 aliphatic heterocycles. The highest BCUT2D eigenvalue weighted by atomic mass is 35.5. The van der Waals surface area contributed by atoms with E-state index in [0.717, 1.165) is 103 Å². The lowest BCUT2D eigenvalue weighted by Gasteiger charge is -2.34. The molecule has 3 aliphatic rings. The van der Waals surface area contributed by atoms with Gasteiger partial charge in [0.25, 0.3) is 0 Å². The van der Waals surface area contributed by atoms with Gasteiger partial charge in [0.15, 0.2) is 11.5 Å². The maximum atomic E-state index is 12.7. The second-order valence-corrected chi connectivity index (χ2v) is 14.9. The first kappa shape index (κ1) is 38.4. The molecule has 3 atom stereocenters. The second kappa shape index (κ2) is 17.7. The Morgan fingerprint density at radius 1 is 1.02 bits per heavy atom. The fourth-order valence-corrected chi connectivity index (χ4v) is 7.85. The van der Waals surface area contributed by atoms with Crippen molar-refractivity contribution in [1.82, 2.24) is 14.8 Å². The fraction of sp³-hybridized carbons (Fsp3) is 0.419. The molecular weight excluding hydrogens is 720 g/mol. The normalized spacial score (nSPS) is 19.8. The van der Waals surface area contributed by atoms with Crippen LogP contribution in [0.5, 0.6) is 23.0 Å². The largest absolute Gasteiger partial charge is 0.488 e. The molecule has 4 aromatic rings. The molecule has 1 N–H and O–H groups in total. The van der Waals surface area contributed by atoms with Gasteiger partial charge in [-0.2, -0.15) is 5.26 Å². The van der Waals surface area contributed by atoms with Crippen LogP contribution in [0.15, 0.2) is 67.0 Å². The first-order valence-electron chi connectivity index (χ1n) is 18.9. The number of ether oxygens (including phenoxy) is 5. The first-order chi connectivity index (χ1) is 26.8. The number of pyridine rings is 1. The number of rotatable bonds is 13. The van der Waals surface area contributed by atoms with Gasteiger partial charge in [-0.3, -0.25) is 14.7 Å². The van der Waals surface area contributed by atoms with Gasteiger partial charge in [0, 0.05) is 62.2 Å². The van der Waals surface area contributed by atoms with Crippen LogP contribution in [0.3, 0.4) is 0 Å². The molecule has 0 bridgehead atoms. The number of β-amino-alcohol motifs (C(OH)–C–C–N with tert-alkyl or cyclic N) is 1. The SMILES string of the molecule is COC(=O)[C@@H]1CCCCN1Cc1cc(Cl)c(OCc2cccc(-c3ccc4c(c3)OC(CCN3CCC(O)C3)CO4)c2C)cc1OCc1cncc(C#N)c1. The molecule has 0 spiro atoms.